The third-order valence-corrected chi connectivity index (χ3v) is 6.30. The molecule has 2 atom stereocenters. The Morgan fingerprint density at radius 1 is 1.00 bits per heavy atom. The third kappa shape index (κ3) is 7.68. The molecule has 0 aromatic heterocycles. The lowest BCUT2D eigenvalue weighted by Gasteiger charge is -2.34. The van der Waals surface area contributed by atoms with Gasteiger partial charge in [-0.25, -0.2) is 4.39 Å². The second-order valence-corrected chi connectivity index (χ2v) is 8.26. The second kappa shape index (κ2) is 12.4. The number of hydrogen-bond donors (Lipinski definition) is 0. The van der Waals surface area contributed by atoms with Gasteiger partial charge in [-0.15, -0.1) is 0 Å². The number of hydrogen-bond acceptors (Lipinski definition) is 1. The molecule has 1 aliphatic carbocycles. The fourth-order valence-electron chi connectivity index (χ4n) is 4.55. The first-order valence-corrected chi connectivity index (χ1v) is 11.0. The normalized spacial score (nSPS) is 22.7. The Labute approximate surface area is 160 Å². The van der Waals surface area contributed by atoms with E-state index in [1.807, 2.05) is 30.3 Å². The van der Waals surface area contributed by atoms with E-state index in [9.17, 15) is 4.39 Å². The molecule has 0 heterocycles. The van der Waals surface area contributed by atoms with Crippen molar-refractivity contribution < 1.29 is 9.13 Å². The van der Waals surface area contributed by atoms with E-state index in [1.54, 1.807) is 0 Å². The van der Waals surface area contributed by atoms with Crippen LogP contribution in [-0.2, 0) is 0 Å². The fraction of sp³-hybridized carbons (Fsp3) is 0.750. The topological polar surface area (TPSA) is 9.23 Å². The fourth-order valence-corrected chi connectivity index (χ4v) is 4.55. The smallest absolute Gasteiger partial charge is 0.134 e. The molecule has 26 heavy (non-hydrogen) atoms. The molecule has 1 aromatic rings. The Hall–Kier alpha value is -1.05. The minimum Gasteiger partial charge on any atom is -0.491 e. The molecule has 0 aliphatic heterocycles. The summed E-state index contributed by atoms with van der Waals surface area (Å²) in [5.41, 5.74) is 0. The van der Waals surface area contributed by atoms with Gasteiger partial charge >= 0.3 is 0 Å². The van der Waals surface area contributed by atoms with Gasteiger partial charge in [0.05, 0.1) is 0 Å². The Bertz CT molecular complexity index is 453. The highest BCUT2D eigenvalue weighted by atomic mass is 19.1. The van der Waals surface area contributed by atoms with Crippen molar-refractivity contribution in [3.05, 3.63) is 30.3 Å². The third-order valence-electron chi connectivity index (χ3n) is 6.30. The van der Waals surface area contributed by atoms with Gasteiger partial charge in [0.15, 0.2) is 0 Å². The standard InChI is InChI=1S/C24H39FO/c1-3-5-6-8-11-22(21-16-14-20(4-2)15-17-21)18-23(25)19-26-24-12-9-7-10-13-24/h7,9-10,12-13,20-23H,3-6,8,11,14-19H2,1-2H3. The van der Waals surface area contributed by atoms with Crippen LogP contribution in [0.1, 0.15) is 84.5 Å². The summed E-state index contributed by atoms with van der Waals surface area (Å²) in [7, 11) is 0. The molecule has 0 N–H and O–H groups in total. The van der Waals surface area contributed by atoms with Crippen LogP contribution in [0.2, 0.25) is 0 Å². The quantitative estimate of drug-likeness (QED) is 0.348. The van der Waals surface area contributed by atoms with Crippen LogP contribution in [0.3, 0.4) is 0 Å². The Morgan fingerprint density at radius 3 is 2.38 bits per heavy atom. The van der Waals surface area contributed by atoms with E-state index in [0.717, 1.165) is 17.6 Å². The maximum absolute atomic E-state index is 14.7. The van der Waals surface area contributed by atoms with Crippen molar-refractivity contribution in [1.29, 1.82) is 0 Å². The average Bonchev–Trinajstić information content (AvgIpc) is 2.69. The first-order chi connectivity index (χ1) is 12.7. The minimum absolute atomic E-state index is 0.194. The largest absolute Gasteiger partial charge is 0.491 e. The summed E-state index contributed by atoms with van der Waals surface area (Å²) in [4.78, 5) is 0. The van der Waals surface area contributed by atoms with Crippen LogP contribution in [0.5, 0.6) is 5.75 Å². The molecular formula is C24H39FO. The molecule has 2 rings (SSSR count). The lowest BCUT2D eigenvalue weighted by atomic mass is 9.72. The molecular weight excluding hydrogens is 323 g/mol. The van der Waals surface area contributed by atoms with E-state index < -0.39 is 6.17 Å². The number of ether oxygens (including phenoxy) is 1. The Kier molecular flexibility index (Phi) is 10.1. The maximum Gasteiger partial charge on any atom is 0.134 e. The van der Waals surface area contributed by atoms with Gasteiger partial charge in [0.25, 0.3) is 0 Å². The summed E-state index contributed by atoms with van der Waals surface area (Å²) in [6.45, 7) is 4.76. The van der Waals surface area contributed by atoms with Crippen molar-refractivity contribution in [1.82, 2.24) is 0 Å². The molecule has 0 radical (unpaired) electrons. The summed E-state index contributed by atoms with van der Waals surface area (Å²) in [5.74, 6) is 2.96. The number of halogens is 1. The molecule has 1 aromatic carbocycles. The predicted molar refractivity (Wildman–Crippen MR) is 109 cm³/mol. The zero-order valence-corrected chi connectivity index (χ0v) is 17.0. The van der Waals surface area contributed by atoms with Crippen LogP contribution < -0.4 is 4.74 Å². The molecule has 1 aliphatic rings. The van der Waals surface area contributed by atoms with Gasteiger partial charge in [-0.2, -0.15) is 0 Å². The number of benzene rings is 1. The van der Waals surface area contributed by atoms with E-state index >= 15 is 0 Å². The Morgan fingerprint density at radius 2 is 1.73 bits per heavy atom. The highest BCUT2D eigenvalue weighted by Crippen LogP contribution is 2.39. The van der Waals surface area contributed by atoms with E-state index in [-0.39, 0.29) is 6.61 Å². The zero-order valence-electron chi connectivity index (χ0n) is 17.0. The number of para-hydroxylation sites is 1. The predicted octanol–water partition coefficient (Wildman–Crippen LogP) is 7.60. The molecule has 0 bridgehead atoms. The van der Waals surface area contributed by atoms with Crippen molar-refractivity contribution in [2.75, 3.05) is 6.61 Å². The lowest BCUT2D eigenvalue weighted by Crippen LogP contribution is -2.26. The van der Waals surface area contributed by atoms with Crippen LogP contribution in [0.25, 0.3) is 0 Å². The number of rotatable bonds is 12. The van der Waals surface area contributed by atoms with Crippen molar-refractivity contribution in [3.63, 3.8) is 0 Å². The first-order valence-electron chi connectivity index (χ1n) is 11.0. The van der Waals surface area contributed by atoms with Crippen LogP contribution in [0, 0.1) is 17.8 Å². The van der Waals surface area contributed by atoms with E-state index in [0.29, 0.717) is 12.3 Å². The van der Waals surface area contributed by atoms with Gasteiger partial charge in [-0.05, 0) is 49.1 Å². The average molecular weight is 363 g/mol. The highest BCUT2D eigenvalue weighted by molar-refractivity contribution is 5.20. The lowest BCUT2D eigenvalue weighted by molar-refractivity contribution is 0.119. The summed E-state index contributed by atoms with van der Waals surface area (Å²) in [6.07, 6.45) is 12.8. The van der Waals surface area contributed by atoms with Crippen molar-refractivity contribution in [3.8, 4) is 5.75 Å². The van der Waals surface area contributed by atoms with Crippen LogP contribution >= 0.6 is 0 Å². The molecule has 2 unspecified atom stereocenters. The van der Waals surface area contributed by atoms with Crippen LogP contribution in [-0.4, -0.2) is 12.8 Å². The molecule has 1 fully saturated rings. The molecule has 148 valence electrons. The molecule has 2 heteroatoms. The highest BCUT2D eigenvalue weighted by Gasteiger charge is 2.28. The van der Waals surface area contributed by atoms with Gasteiger partial charge in [-0.1, -0.05) is 83.4 Å². The summed E-state index contributed by atoms with van der Waals surface area (Å²) >= 11 is 0. The van der Waals surface area contributed by atoms with Crippen molar-refractivity contribution in [2.45, 2.75) is 90.6 Å². The van der Waals surface area contributed by atoms with E-state index in [2.05, 4.69) is 13.8 Å². The molecule has 0 spiro atoms. The van der Waals surface area contributed by atoms with Crippen LogP contribution in [0.15, 0.2) is 30.3 Å². The number of unbranched alkanes of at least 4 members (excludes halogenated alkanes) is 3. The Balaban J connectivity index is 1.81. The van der Waals surface area contributed by atoms with Gasteiger partial charge < -0.3 is 4.74 Å². The minimum atomic E-state index is -0.852. The molecule has 1 nitrogen and oxygen atoms in total. The molecule has 1 saturated carbocycles. The summed E-state index contributed by atoms with van der Waals surface area (Å²) < 4.78 is 20.3. The van der Waals surface area contributed by atoms with Crippen LogP contribution in [0.4, 0.5) is 4.39 Å². The van der Waals surface area contributed by atoms with Gasteiger partial charge in [0, 0.05) is 0 Å². The van der Waals surface area contributed by atoms with Gasteiger partial charge in [-0.3, -0.25) is 0 Å². The summed E-state index contributed by atoms with van der Waals surface area (Å²) in [6, 6.07) is 9.64. The first kappa shape index (κ1) is 21.3. The molecule has 0 saturated heterocycles. The van der Waals surface area contributed by atoms with Crippen molar-refractivity contribution >= 4 is 0 Å². The molecule has 0 amide bonds. The summed E-state index contributed by atoms with van der Waals surface area (Å²) in [5, 5.41) is 0. The monoisotopic (exact) mass is 362 g/mol. The zero-order chi connectivity index (χ0) is 18.6. The van der Waals surface area contributed by atoms with Gasteiger partial charge in [0.2, 0.25) is 0 Å². The van der Waals surface area contributed by atoms with Gasteiger partial charge in [0.1, 0.15) is 18.5 Å². The second-order valence-electron chi connectivity index (χ2n) is 8.26. The number of alkyl halides is 1. The van der Waals surface area contributed by atoms with Crippen molar-refractivity contribution in [2.24, 2.45) is 17.8 Å². The maximum atomic E-state index is 14.7. The van der Waals surface area contributed by atoms with E-state index in [1.165, 1.54) is 64.2 Å². The SMILES string of the molecule is CCCCCCC(CC(F)COc1ccccc1)C1CCC(CC)CC1. The van der Waals surface area contributed by atoms with E-state index in [4.69, 9.17) is 4.74 Å².